The Morgan fingerprint density at radius 1 is 1.12 bits per heavy atom. The van der Waals surface area contributed by atoms with Gasteiger partial charge in [-0.25, -0.2) is 4.39 Å². The third-order valence-electron chi connectivity index (χ3n) is 3.84. The van der Waals surface area contributed by atoms with Crippen LogP contribution in [0.15, 0.2) is 48.5 Å². The number of carbonyl (C=O) groups excluding carboxylic acids is 1. The van der Waals surface area contributed by atoms with Crippen LogP contribution in [0.5, 0.6) is 0 Å². The summed E-state index contributed by atoms with van der Waals surface area (Å²) in [6.45, 7) is 3.94. The zero-order valence-electron chi connectivity index (χ0n) is 13.7. The molecule has 2 aromatic carbocycles. The molecule has 0 heterocycles. The number of carbonyl (C=O) groups is 2. The van der Waals surface area contributed by atoms with Gasteiger partial charge in [-0.3, -0.25) is 9.59 Å². The van der Waals surface area contributed by atoms with E-state index < -0.39 is 11.8 Å². The Hall–Kier alpha value is -2.69. The van der Waals surface area contributed by atoms with Gasteiger partial charge in [0.15, 0.2) is 0 Å². The van der Waals surface area contributed by atoms with Gasteiger partial charge < -0.3 is 10.4 Å². The lowest BCUT2D eigenvalue weighted by molar-refractivity contribution is -0.136. The lowest BCUT2D eigenvalue weighted by atomic mass is 9.81. The standard InChI is InChI=1S/C19H20FNO3/c1-19(2,14-6-4-3-5-7-14)12-17(22)21-15-9-8-13(10-18(23)24)16(20)11-15/h3-9,11H,10,12H2,1-2H3,(H,21,22)(H,23,24). The fraction of sp³-hybridized carbons (Fsp3) is 0.263. The fourth-order valence-electron chi connectivity index (χ4n) is 2.53. The van der Waals surface area contributed by atoms with Crippen LogP contribution < -0.4 is 5.32 Å². The summed E-state index contributed by atoms with van der Waals surface area (Å²) in [6, 6.07) is 13.7. The van der Waals surface area contributed by atoms with Crippen molar-refractivity contribution >= 4 is 17.6 Å². The zero-order valence-corrected chi connectivity index (χ0v) is 13.7. The number of rotatable bonds is 6. The SMILES string of the molecule is CC(C)(CC(=O)Nc1ccc(CC(=O)O)c(F)c1)c1ccccc1. The predicted molar refractivity (Wildman–Crippen MR) is 90.5 cm³/mol. The average molecular weight is 329 g/mol. The first kappa shape index (κ1) is 17.7. The molecule has 0 aliphatic rings. The maximum absolute atomic E-state index is 13.8. The van der Waals surface area contributed by atoms with Gasteiger partial charge in [0, 0.05) is 12.1 Å². The Balaban J connectivity index is 2.04. The predicted octanol–water partition coefficient (Wildman–Crippen LogP) is 3.76. The van der Waals surface area contributed by atoms with Gasteiger partial charge in [-0.05, 0) is 28.7 Å². The normalized spacial score (nSPS) is 11.1. The maximum Gasteiger partial charge on any atom is 0.307 e. The van der Waals surface area contributed by atoms with E-state index in [-0.39, 0.29) is 29.7 Å². The molecule has 0 saturated carbocycles. The third kappa shape index (κ3) is 4.65. The van der Waals surface area contributed by atoms with Gasteiger partial charge >= 0.3 is 5.97 Å². The molecule has 4 nitrogen and oxygen atoms in total. The molecule has 0 aliphatic carbocycles. The molecule has 126 valence electrons. The summed E-state index contributed by atoms with van der Waals surface area (Å²) in [6.07, 6.45) is -0.142. The fourth-order valence-corrected chi connectivity index (χ4v) is 2.53. The van der Waals surface area contributed by atoms with Crippen LogP contribution in [0.3, 0.4) is 0 Å². The summed E-state index contributed by atoms with van der Waals surface area (Å²) in [7, 11) is 0. The smallest absolute Gasteiger partial charge is 0.307 e. The Bertz CT molecular complexity index is 742. The summed E-state index contributed by atoms with van der Waals surface area (Å²) >= 11 is 0. The van der Waals surface area contributed by atoms with Gasteiger partial charge in [-0.15, -0.1) is 0 Å². The van der Waals surface area contributed by atoms with Crippen molar-refractivity contribution in [1.29, 1.82) is 0 Å². The van der Waals surface area contributed by atoms with E-state index in [1.165, 1.54) is 12.1 Å². The topological polar surface area (TPSA) is 66.4 Å². The van der Waals surface area contributed by atoms with Crippen LogP contribution in [-0.4, -0.2) is 17.0 Å². The Morgan fingerprint density at radius 2 is 1.79 bits per heavy atom. The van der Waals surface area contributed by atoms with Crippen LogP contribution in [0.25, 0.3) is 0 Å². The van der Waals surface area contributed by atoms with Crippen LogP contribution in [0, 0.1) is 5.82 Å². The van der Waals surface area contributed by atoms with Crippen molar-refractivity contribution in [2.45, 2.75) is 32.1 Å². The van der Waals surface area contributed by atoms with Gasteiger partial charge in [0.2, 0.25) is 5.91 Å². The Labute approximate surface area is 140 Å². The highest BCUT2D eigenvalue weighted by Gasteiger charge is 2.24. The number of hydrogen-bond acceptors (Lipinski definition) is 2. The van der Waals surface area contributed by atoms with Crippen molar-refractivity contribution in [1.82, 2.24) is 0 Å². The van der Waals surface area contributed by atoms with E-state index in [4.69, 9.17) is 5.11 Å². The van der Waals surface area contributed by atoms with Crippen molar-refractivity contribution in [3.05, 3.63) is 65.5 Å². The average Bonchev–Trinajstić information content (AvgIpc) is 2.50. The van der Waals surface area contributed by atoms with Crippen LogP contribution in [-0.2, 0) is 21.4 Å². The quantitative estimate of drug-likeness (QED) is 0.848. The molecule has 0 unspecified atom stereocenters. The summed E-state index contributed by atoms with van der Waals surface area (Å²) in [5.74, 6) is -1.97. The molecule has 5 heteroatoms. The van der Waals surface area contributed by atoms with Gasteiger partial charge in [0.05, 0.1) is 6.42 Å². The monoisotopic (exact) mass is 329 g/mol. The second-order valence-corrected chi connectivity index (χ2v) is 6.35. The second-order valence-electron chi connectivity index (χ2n) is 6.35. The van der Waals surface area contributed by atoms with E-state index in [0.29, 0.717) is 5.69 Å². The number of carboxylic acids is 1. The number of amides is 1. The number of benzene rings is 2. The summed E-state index contributed by atoms with van der Waals surface area (Å²) in [5, 5.41) is 11.4. The van der Waals surface area contributed by atoms with Crippen molar-refractivity contribution in [3.8, 4) is 0 Å². The lowest BCUT2D eigenvalue weighted by Crippen LogP contribution is -2.25. The largest absolute Gasteiger partial charge is 0.481 e. The van der Waals surface area contributed by atoms with Crippen molar-refractivity contribution in [3.63, 3.8) is 0 Å². The molecule has 0 radical (unpaired) electrons. The Morgan fingerprint density at radius 3 is 2.38 bits per heavy atom. The van der Waals surface area contributed by atoms with E-state index in [0.717, 1.165) is 11.6 Å². The molecule has 0 spiro atoms. The molecule has 2 rings (SSSR count). The summed E-state index contributed by atoms with van der Waals surface area (Å²) < 4.78 is 13.8. The first-order valence-corrected chi connectivity index (χ1v) is 7.63. The molecule has 0 aromatic heterocycles. The van der Waals surface area contributed by atoms with Crippen molar-refractivity contribution < 1.29 is 19.1 Å². The molecule has 2 aromatic rings. The number of halogens is 1. The van der Waals surface area contributed by atoms with Gasteiger partial charge in [-0.1, -0.05) is 50.2 Å². The van der Waals surface area contributed by atoms with Crippen molar-refractivity contribution in [2.75, 3.05) is 5.32 Å². The van der Waals surface area contributed by atoms with E-state index in [2.05, 4.69) is 5.32 Å². The second kappa shape index (κ2) is 7.25. The number of anilines is 1. The number of aliphatic carboxylic acids is 1. The third-order valence-corrected chi connectivity index (χ3v) is 3.84. The molecule has 2 N–H and O–H groups in total. The van der Waals surface area contributed by atoms with E-state index >= 15 is 0 Å². The number of nitrogens with one attached hydrogen (secondary N) is 1. The molecular formula is C19H20FNO3. The van der Waals surface area contributed by atoms with Crippen LogP contribution >= 0.6 is 0 Å². The first-order chi connectivity index (χ1) is 11.3. The first-order valence-electron chi connectivity index (χ1n) is 7.63. The number of hydrogen-bond donors (Lipinski definition) is 2. The minimum absolute atomic E-state index is 0.0881. The Kier molecular flexibility index (Phi) is 5.34. The van der Waals surface area contributed by atoms with Crippen LogP contribution in [0.1, 0.15) is 31.4 Å². The molecule has 0 aliphatic heterocycles. The van der Waals surface area contributed by atoms with Crippen LogP contribution in [0.4, 0.5) is 10.1 Å². The molecular weight excluding hydrogens is 309 g/mol. The maximum atomic E-state index is 13.8. The zero-order chi connectivity index (χ0) is 17.7. The highest BCUT2D eigenvalue weighted by atomic mass is 19.1. The molecule has 0 atom stereocenters. The summed E-state index contributed by atoms with van der Waals surface area (Å²) in [4.78, 5) is 22.9. The van der Waals surface area contributed by atoms with Crippen LogP contribution in [0.2, 0.25) is 0 Å². The highest BCUT2D eigenvalue weighted by molar-refractivity contribution is 5.91. The molecule has 0 fully saturated rings. The molecule has 1 amide bonds. The highest BCUT2D eigenvalue weighted by Crippen LogP contribution is 2.27. The molecule has 0 bridgehead atoms. The minimum atomic E-state index is -1.10. The number of carboxylic acid groups (broad SMARTS) is 1. The summed E-state index contributed by atoms with van der Waals surface area (Å²) in [5.41, 5.74) is 1.09. The van der Waals surface area contributed by atoms with E-state index in [1.807, 2.05) is 44.2 Å². The lowest BCUT2D eigenvalue weighted by Gasteiger charge is -2.24. The van der Waals surface area contributed by atoms with Crippen molar-refractivity contribution in [2.24, 2.45) is 0 Å². The van der Waals surface area contributed by atoms with E-state index in [9.17, 15) is 14.0 Å². The minimum Gasteiger partial charge on any atom is -0.481 e. The van der Waals surface area contributed by atoms with Gasteiger partial charge in [0.1, 0.15) is 5.82 Å². The van der Waals surface area contributed by atoms with Gasteiger partial charge in [-0.2, -0.15) is 0 Å². The molecule has 0 saturated heterocycles. The van der Waals surface area contributed by atoms with Gasteiger partial charge in [0.25, 0.3) is 0 Å². The molecule has 24 heavy (non-hydrogen) atoms. The van der Waals surface area contributed by atoms with E-state index in [1.54, 1.807) is 0 Å².